The second-order valence-corrected chi connectivity index (χ2v) is 4.09. The topological polar surface area (TPSA) is 107 Å². The first-order valence-electron chi connectivity index (χ1n) is 3.52. The smallest absolute Gasteiger partial charge is 0.321 e. The van der Waals surface area contributed by atoms with Gasteiger partial charge in [-0.2, -0.15) is 5.26 Å². The van der Waals surface area contributed by atoms with Crippen molar-refractivity contribution >= 4 is 16.0 Å². The molecule has 0 saturated heterocycles. The number of hydrogen-bond donors (Lipinski definition) is 2. The van der Waals surface area contributed by atoms with Crippen LogP contribution in [0.15, 0.2) is 0 Å². The molecule has 0 saturated carbocycles. The Morgan fingerprint density at radius 1 is 1.69 bits per heavy atom. The normalized spacial score (nSPS) is 13.2. The molecule has 0 amide bonds. The lowest BCUT2D eigenvalue weighted by Gasteiger charge is -2.10. The molecule has 1 atom stereocenters. The van der Waals surface area contributed by atoms with E-state index in [4.69, 9.17) is 10.4 Å². The van der Waals surface area contributed by atoms with Crippen molar-refractivity contribution in [1.29, 1.82) is 5.26 Å². The Kier molecular flexibility index (Phi) is 4.37. The summed E-state index contributed by atoms with van der Waals surface area (Å²) < 4.78 is 23.7. The van der Waals surface area contributed by atoms with Crippen LogP contribution in [-0.2, 0) is 14.8 Å². The second-order valence-electron chi connectivity index (χ2n) is 2.33. The fourth-order valence-electron chi connectivity index (χ4n) is 0.652. The quantitative estimate of drug-likeness (QED) is 0.618. The number of sulfonamides is 1. The highest BCUT2D eigenvalue weighted by Crippen LogP contribution is 1.94. The molecule has 0 aromatic heterocycles. The molecule has 0 aliphatic carbocycles. The maximum atomic E-state index is 10.9. The van der Waals surface area contributed by atoms with Gasteiger partial charge in [0, 0.05) is 0 Å². The van der Waals surface area contributed by atoms with Gasteiger partial charge in [0.05, 0.1) is 6.07 Å². The first-order valence-corrected chi connectivity index (χ1v) is 5.18. The highest BCUT2D eigenvalue weighted by atomic mass is 32.2. The summed E-state index contributed by atoms with van der Waals surface area (Å²) in [6.07, 6.45) is 0.139. The van der Waals surface area contributed by atoms with E-state index in [2.05, 4.69) is 0 Å². The summed E-state index contributed by atoms with van der Waals surface area (Å²) >= 11 is 0. The van der Waals surface area contributed by atoms with Crippen molar-refractivity contribution in [3.63, 3.8) is 0 Å². The third-order valence-corrected chi connectivity index (χ3v) is 2.44. The fraction of sp³-hybridized carbons (Fsp3) is 0.667. The number of carboxylic acid groups (broad SMARTS) is 1. The van der Waals surface area contributed by atoms with Crippen LogP contribution in [0.2, 0.25) is 0 Å². The van der Waals surface area contributed by atoms with Crippen LogP contribution < -0.4 is 4.72 Å². The summed E-state index contributed by atoms with van der Waals surface area (Å²) in [5.41, 5.74) is 0. The van der Waals surface area contributed by atoms with E-state index in [-0.39, 0.29) is 6.42 Å². The van der Waals surface area contributed by atoms with Crippen LogP contribution in [0.4, 0.5) is 0 Å². The molecule has 13 heavy (non-hydrogen) atoms. The maximum Gasteiger partial charge on any atom is 0.321 e. The molecule has 0 aromatic carbocycles. The molecule has 0 spiro atoms. The number of rotatable bonds is 5. The predicted molar refractivity (Wildman–Crippen MR) is 44.3 cm³/mol. The number of nitrogens with zero attached hydrogens (tertiary/aromatic N) is 1. The van der Waals surface area contributed by atoms with Gasteiger partial charge in [-0.05, 0) is 6.42 Å². The van der Waals surface area contributed by atoms with Gasteiger partial charge in [-0.25, -0.2) is 13.1 Å². The van der Waals surface area contributed by atoms with Crippen molar-refractivity contribution in [2.45, 2.75) is 19.4 Å². The molecular weight excluding hydrogens is 196 g/mol. The van der Waals surface area contributed by atoms with Gasteiger partial charge in [0.15, 0.2) is 5.75 Å². The molecule has 0 unspecified atom stereocenters. The van der Waals surface area contributed by atoms with Crippen LogP contribution in [0.1, 0.15) is 13.3 Å². The van der Waals surface area contributed by atoms with Gasteiger partial charge < -0.3 is 5.11 Å². The van der Waals surface area contributed by atoms with E-state index in [1.54, 1.807) is 0 Å². The molecule has 0 radical (unpaired) electrons. The minimum atomic E-state index is -3.78. The zero-order valence-corrected chi connectivity index (χ0v) is 7.84. The van der Waals surface area contributed by atoms with Gasteiger partial charge in [0.2, 0.25) is 10.0 Å². The third kappa shape index (κ3) is 4.45. The number of aliphatic carboxylic acids is 1. The van der Waals surface area contributed by atoms with E-state index in [1.807, 2.05) is 4.72 Å². The van der Waals surface area contributed by atoms with Crippen LogP contribution >= 0.6 is 0 Å². The molecule has 7 heteroatoms. The average molecular weight is 206 g/mol. The summed E-state index contributed by atoms with van der Waals surface area (Å²) in [6.45, 7) is 1.54. The minimum Gasteiger partial charge on any atom is -0.480 e. The van der Waals surface area contributed by atoms with Gasteiger partial charge in [-0.3, -0.25) is 4.79 Å². The lowest BCUT2D eigenvalue weighted by atomic mass is 10.2. The van der Waals surface area contributed by atoms with Crippen LogP contribution in [0.25, 0.3) is 0 Å². The van der Waals surface area contributed by atoms with E-state index in [0.717, 1.165) is 0 Å². The second kappa shape index (κ2) is 4.79. The molecule has 0 rings (SSSR count). The van der Waals surface area contributed by atoms with Crippen LogP contribution in [0.3, 0.4) is 0 Å². The summed E-state index contributed by atoms with van der Waals surface area (Å²) in [6, 6.07) is 0.279. The average Bonchev–Trinajstić information content (AvgIpc) is 1.99. The Morgan fingerprint density at radius 3 is 2.54 bits per heavy atom. The minimum absolute atomic E-state index is 0.139. The van der Waals surface area contributed by atoms with Crippen molar-refractivity contribution in [3.8, 4) is 6.07 Å². The summed E-state index contributed by atoms with van der Waals surface area (Å²) in [7, 11) is -3.78. The van der Waals surface area contributed by atoms with Crippen molar-refractivity contribution < 1.29 is 18.3 Å². The number of carbonyl (C=O) groups is 1. The molecule has 2 N–H and O–H groups in total. The lowest BCUT2D eigenvalue weighted by molar-refractivity contribution is -0.139. The Balaban J connectivity index is 4.42. The van der Waals surface area contributed by atoms with Gasteiger partial charge in [0.1, 0.15) is 6.04 Å². The van der Waals surface area contributed by atoms with Crippen molar-refractivity contribution in [1.82, 2.24) is 4.72 Å². The highest BCUT2D eigenvalue weighted by molar-refractivity contribution is 7.89. The fourth-order valence-corrected chi connectivity index (χ4v) is 1.61. The first-order chi connectivity index (χ1) is 5.93. The predicted octanol–water partition coefficient (Wildman–Crippen LogP) is -0.707. The number of nitriles is 1. The van der Waals surface area contributed by atoms with Crippen molar-refractivity contribution in [2.75, 3.05) is 5.75 Å². The SMILES string of the molecule is CC[C@H](NS(=O)(=O)CC#N)C(=O)O. The third-order valence-electron chi connectivity index (χ3n) is 1.28. The van der Waals surface area contributed by atoms with Gasteiger partial charge in [-0.1, -0.05) is 6.92 Å². The van der Waals surface area contributed by atoms with E-state index >= 15 is 0 Å². The molecule has 74 valence electrons. The molecule has 0 heterocycles. The maximum absolute atomic E-state index is 10.9. The van der Waals surface area contributed by atoms with Crippen LogP contribution in [-0.4, -0.2) is 31.3 Å². The number of carboxylic acids is 1. The monoisotopic (exact) mass is 206 g/mol. The summed E-state index contributed by atoms with van der Waals surface area (Å²) in [5, 5.41) is 16.6. The molecule has 0 aromatic rings. The highest BCUT2D eigenvalue weighted by Gasteiger charge is 2.21. The number of nitrogens with one attached hydrogen (secondary N) is 1. The summed E-state index contributed by atoms with van der Waals surface area (Å²) in [5.74, 6) is -1.97. The van der Waals surface area contributed by atoms with E-state index in [9.17, 15) is 13.2 Å². The van der Waals surface area contributed by atoms with Crippen molar-refractivity contribution in [2.24, 2.45) is 0 Å². The lowest BCUT2D eigenvalue weighted by Crippen LogP contribution is -2.41. The first kappa shape index (κ1) is 11.9. The molecular formula is C6H10N2O4S. The van der Waals surface area contributed by atoms with E-state index in [0.29, 0.717) is 0 Å². The van der Waals surface area contributed by atoms with Gasteiger partial charge in [-0.15, -0.1) is 0 Å². The summed E-state index contributed by atoms with van der Waals surface area (Å²) in [4.78, 5) is 10.4. The van der Waals surface area contributed by atoms with Gasteiger partial charge in [0.25, 0.3) is 0 Å². The Hall–Kier alpha value is -1.13. The standard InChI is InChI=1S/C6H10N2O4S/c1-2-5(6(9)10)8-13(11,12)4-3-7/h5,8H,2,4H2,1H3,(H,9,10)/t5-/m0/s1. The molecule has 0 bridgehead atoms. The van der Waals surface area contributed by atoms with Gasteiger partial charge >= 0.3 is 5.97 Å². The Labute approximate surface area is 76.2 Å². The zero-order valence-electron chi connectivity index (χ0n) is 7.02. The van der Waals surface area contributed by atoms with Crippen LogP contribution in [0, 0.1) is 11.3 Å². The number of hydrogen-bond acceptors (Lipinski definition) is 4. The molecule has 0 fully saturated rings. The van der Waals surface area contributed by atoms with E-state index < -0.39 is 27.8 Å². The molecule has 6 nitrogen and oxygen atoms in total. The Bertz CT molecular complexity index is 316. The molecule has 0 aliphatic rings. The molecule has 0 aliphatic heterocycles. The zero-order chi connectivity index (χ0) is 10.5. The Morgan fingerprint density at radius 2 is 2.23 bits per heavy atom. The van der Waals surface area contributed by atoms with Crippen molar-refractivity contribution in [3.05, 3.63) is 0 Å². The van der Waals surface area contributed by atoms with E-state index in [1.165, 1.54) is 13.0 Å². The van der Waals surface area contributed by atoms with Crippen LogP contribution in [0.5, 0.6) is 0 Å². The largest absolute Gasteiger partial charge is 0.480 e.